The van der Waals surface area contributed by atoms with Gasteiger partial charge in [0.25, 0.3) is 11.8 Å². The highest BCUT2D eigenvalue weighted by Crippen LogP contribution is 2.24. The summed E-state index contributed by atoms with van der Waals surface area (Å²) in [5, 5.41) is 15.8. The molecule has 0 aliphatic heterocycles. The van der Waals surface area contributed by atoms with Crippen molar-refractivity contribution in [1.82, 2.24) is 5.32 Å². The molecule has 7 heteroatoms. The molecule has 5 nitrogen and oxygen atoms in total. The number of aromatic hydroxyl groups is 1. The van der Waals surface area contributed by atoms with E-state index >= 15 is 0 Å². The van der Waals surface area contributed by atoms with E-state index in [9.17, 15) is 14.7 Å². The van der Waals surface area contributed by atoms with Gasteiger partial charge in [-0.3, -0.25) is 9.59 Å². The van der Waals surface area contributed by atoms with Gasteiger partial charge in [-0.05, 0) is 54.4 Å². The van der Waals surface area contributed by atoms with E-state index in [1.54, 1.807) is 30.3 Å². The first-order valence-electron chi connectivity index (χ1n) is 8.85. The van der Waals surface area contributed by atoms with Crippen LogP contribution in [0, 0.1) is 0 Å². The molecule has 3 rings (SSSR count). The van der Waals surface area contributed by atoms with Gasteiger partial charge in [-0.1, -0.05) is 47.5 Å². The molecule has 0 aliphatic carbocycles. The average Bonchev–Trinajstić information content (AvgIpc) is 2.70. The van der Waals surface area contributed by atoms with Gasteiger partial charge in [0.1, 0.15) is 5.75 Å². The fraction of sp³-hybridized carbons (Fsp3) is 0.0909. The van der Waals surface area contributed by atoms with Crippen LogP contribution >= 0.6 is 23.2 Å². The van der Waals surface area contributed by atoms with Crippen LogP contribution in [0.25, 0.3) is 0 Å². The van der Waals surface area contributed by atoms with E-state index in [4.69, 9.17) is 23.2 Å². The Morgan fingerprint density at radius 3 is 2.45 bits per heavy atom. The SMILES string of the molecule is O=C(Nc1ccccc1C(=O)NCCc1cccc(Cl)c1)c1ccc(O)c(Cl)c1. The number of hydrogen-bond acceptors (Lipinski definition) is 3. The second kappa shape index (κ2) is 9.45. The highest BCUT2D eigenvalue weighted by atomic mass is 35.5. The topological polar surface area (TPSA) is 78.4 Å². The van der Waals surface area contributed by atoms with Crippen molar-refractivity contribution in [1.29, 1.82) is 0 Å². The fourth-order valence-corrected chi connectivity index (χ4v) is 3.13. The van der Waals surface area contributed by atoms with Crippen LogP contribution in [0.3, 0.4) is 0 Å². The van der Waals surface area contributed by atoms with Crippen LogP contribution in [0.4, 0.5) is 5.69 Å². The van der Waals surface area contributed by atoms with Gasteiger partial charge in [0.15, 0.2) is 0 Å². The van der Waals surface area contributed by atoms with Crippen LogP contribution in [-0.2, 0) is 6.42 Å². The van der Waals surface area contributed by atoms with Crippen LogP contribution < -0.4 is 10.6 Å². The molecular formula is C22H18Cl2N2O3. The molecule has 0 atom stereocenters. The Hall–Kier alpha value is -3.02. The van der Waals surface area contributed by atoms with Crippen molar-refractivity contribution in [2.75, 3.05) is 11.9 Å². The van der Waals surface area contributed by atoms with Gasteiger partial charge >= 0.3 is 0 Å². The molecule has 3 N–H and O–H groups in total. The predicted molar refractivity (Wildman–Crippen MR) is 115 cm³/mol. The van der Waals surface area contributed by atoms with Crippen molar-refractivity contribution >= 4 is 40.7 Å². The zero-order chi connectivity index (χ0) is 20.8. The van der Waals surface area contributed by atoms with Gasteiger partial charge in [0.2, 0.25) is 0 Å². The molecule has 0 spiro atoms. The zero-order valence-corrected chi connectivity index (χ0v) is 16.8. The third-order valence-electron chi connectivity index (χ3n) is 4.22. The smallest absolute Gasteiger partial charge is 0.255 e. The largest absolute Gasteiger partial charge is 0.506 e. The number of carbonyl (C=O) groups excluding carboxylic acids is 2. The van der Waals surface area contributed by atoms with E-state index in [1.165, 1.54) is 18.2 Å². The second-order valence-electron chi connectivity index (χ2n) is 6.30. The molecule has 2 amide bonds. The summed E-state index contributed by atoms with van der Waals surface area (Å²) in [7, 11) is 0. The zero-order valence-electron chi connectivity index (χ0n) is 15.3. The second-order valence-corrected chi connectivity index (χ2v) is 7.15. The normalized spacial score (nSPS) is 10.4. The summed E-state index contributed by atoms with van der Waals surface area (Å²) in [6.07, 6.45) is 0.632. The minimum absolute atomic E-state index is 0.0738. The first-order chi connectivity index (χ1) is 13.9. The van der Waals surface area contributed by atoms with E-state index in [2.05, 4.69) is 10.6 Å². The van der Waals surface area contributed by atoms with Crippen molar-refractivity contribution in [2.45, 2.75) is 6.42 Å². The van der Waals surface area contributed by atoms with Gasteiger partial charge in [-0.25, -0.2) is 0 Å². The number of nitrogens with one attached hydrogen (secondary N) is 2. The van der Waals surface area contributed by atoms with Crippen molar-refractivity contribution < 1.29 is 14.7 Å². The maximum absolute atomic E-state index is 12.6. The number of amides is 2. The van der Waals surface area contributed by atoms with Crippen LogP contribution in [-0.4, -0.2) is 23.5 Å². The lowest BCUT2D eigenvalue weighted by Crippen LogP contribution is -2.27. The molecule has 0 aliphatic rings. The maximum Gasteiger partial charge on any atom is 0.255 e. The molecule has 0 unspecified atom stereocenters. The summed E-state index contributed by atoms with van der Waals surface area (Å²) < 4.78 is 0. The van der Waals surface area contributed by atoms with Crippen LogP contribution in [0.15, 0.2) is 66.7 Å². The van der Waals surface area contributed by atoms with Crippen molar-refractivity contribution in [3.63, 3.8) is 0 Å². The van der Waals surface area contributed by atoms with E-state index < -0.39 is 5.91 Å². The molecule has 0 saturated heterocycles. The molecular weight excluding hydrogens is 411 g/mol. The van der Waals surface area contributed by atoms with Gasteiger partial charge in [-0.15, -0.1) is 0 Å². The number of phenolic OH excluding ortho intramolecular Hbond substituents is 1. The quantitative estimate of drug-likeness (QED) is 0.520. The van der Waals surface area contributed by atoms with Crippen LogP contribution in [0.5, 0.6) is 5.75 Å². The van der Waals surface area contributed by atoms with Crippen LogP contribution in [0.1, 0.15) is 26.3 Å². The summed E-state index contributed by atoms with van der Waals surface area (Å²) in [5.41, 5.74) is 2.01. The highest BCUT2D eigenvalue weighted by molar-refractivity contribution is 6.32. The van der Waals surface area contributed by atoms with Crippen molar-refractivity contribution in [2.24, 2.45) is 0 Å². The molecule has 0 aromatic heterocycles. The first-order valence-corrected chi connectivity index (χ1v) is 9.61. The van der Waals surface area contributed by atoms with Crippen molar-refractivity contribution in [3.8, 4) is 5.75 Å². The molecule has 0 heterocycles. The summed E-state index contributed by atoms with van der Waals surface area (Å²) >= 11 is 11.8. The number of halogens is 2. The summed E-state index contributed by atoms with van der Waals surface area (Å²) in [6, 6.07) is 18.3. The standard InChI is InChI=1S/C22H18Cl2N2O3/c23-16-5-3-4-14(12-16)10-11-25-22(29)17-6-1-2-7-19(17)26-21(28)15-8-9-20(27)18(24)13-15/h1-9,12-13,27H,10-11H2,(H,25,29)(H,26,28). The van der Waals surface area contributed by atoms with E-state index in [0.717, 1.165) is 5.56 Å². The Morgan fingerprint density at radius 2 is 1.69 bits per heavy atom. The summed E-state index contributed by atoms with van der Waals surface area (Å²) in [5.74, 6) is -0.847. The predicted octanol–water partition coefficient (Wildman–Crippen LogP) is 4.92. The van der Waals surface area contributed by atoms with Gasteiger partial charge in [0, 0.05) is 17.1 Å². The lowest BCUT2D eigenvalue weighted by Gasteiger charge is -2.12. The minimum atomic E-state index is -0.439. The fourth-order valence-electron chi connectivity index (χ4n) is 2.74. The Labute approximate surface area is 178 Å². The molecule has 3 aromatic carbocycles. The molecule has 0 radical (unpaired) electrons. The molecule has 148 valence electrons. The number of para-hydroxylation sites is 1. The van der Waals surface area contributed by atoms with E-state index in [0.29, 0.717) is 29.2 Å². The van der Waals surface area contributed by atoms with Gasteiger partial charge in [0.05, 0.1) is 16.3 Å². The Balaban J connectivity index is 1.66. The maximum atomic E-state index is 12.6. The molecule has 0 fully saturated rings. The summed E-state index contributed by atoms with van der Waals surface area (Å²) in [6.45, 7) is 0.426. The lowest BCUT2D eigenvalue weighted by atomic mass is 10.1. The Kier molecular flexibility index (Phi) is 6.75. The van der Waals surface area contributed by atoms with E-state index in [1.807, 2.05) is 18.2 Å². The monoisotopic (exact) mass is 428 g/mol. The molecule has 3 aromatic rings. The minimum Gasteiger partial charge on any atom is -0.506 e. The number of carbonyl (C=O) groups is 2. The third kappa shape index (κ3) is 5.50. The number of phenols is 1. The Morgan fingerprint density at radius 1 is 0.897 bits per heavy atom. The molecule has 29 heavy (non-hydrogen) atoms. The molecule has 0 bridgehead atoms. The number of hydrogen-bond donors (Lipinski definition) is 3. The number of rotatable bonds is 6. The van der Waals surface area contributed by atoms with Gasteiger partial charge in [-0.2, -0.15) is 0 Å². The summed E-state index contributed by atoms with van der Waals surface area (Å²) in [4.78, 5) is 25.1. The van der Waals surface area contributed by atoms with Crippen LogP contribution in [0.2, 0.25) is 10.0 Å². The highest BCUT2D eigenvalue weighted by Gasteiger charge is 2.14. The van der Waals surface area contributed by atoms with Crippen molar-refractivity contribution in [3.05, 3.63) is 93.5 Å². The number of anilines is 1. The third-order valence-corrected chi connectivity index (χ3v) is 4.76. The van der Waals surface area contributed by atoms with E-state index in [-0.39, 0.29) is 22.2 Å². The first kappa shape index (κ1) is 20.7. The Bertz CT molecular complexity index is 1050. The molecule has 0 saturated carbocycles. The average molecular weight is 429 g/mol. The lowest BCUT2D eigenvalue weighted by molar-refractivity contribution is 0.0955. The number of benzene rings is 3. The van der Waals surface area contributed by atoms with Gasteiger partial charge < -0.3 is 15.7 Å².